The van der Waals surface area contributed by atoms with E-state index in [1.807, 2.05) is 32.9 Å². The second-order valence-corrected chi connectivity index (χ2v) is 12.1. The molecule has 0 bridgehead atoms. The van der Waals surface area contributed by atoms with Crippen molar-refractivity contribution in [2.75, 3.05) is 20.8 Å². The second-order valence-electron chi connectivity index (χ2n) is 12.1. The fraction of sp³-hybridized carbons (Fsp3) is 0.531. The molecule has 1 N–H and O–H groups in total. The number of aryl methyl sites for hydroxylation is 1. The molecular formula is C32H42N4O7. The van der Waals surface area contributed by atoms with Crippen molar-refractivity contribution in [3.63, 3.8) is 0 Å². The normalized spacial score (nSPS) is 21.9. The number of carbonyl (C=O) groups is 3. The highest BCUT2D eigenvalue weighted by Crippen LogP contribution is 2.37. The number of aromatic nitrogens is 2. The monoisotopic (exact) mass is 594 g/mol. The van der Waals surface area contributed by atoms with E-state index < -0.39 is 41.6 Å². The quantitative estimate of drug-likeness (QED) is 0.281. The van der Waals surface area contributed by atoms with Gasteiger partial charge in [-0.1, -0.05) is 32.9 Å². The Balaban J connectivity index is 1.56. The molecule has 2 amide bonds. The van der Waals surface area contributed by atoms with Crippen LogP contribution in [-0.4, -0.2) is 77.9 Å². The number of allylic oxidation sites excluding steroid dienone is 2. The number of amides is 2. The number of carbonyl (C=O) groups excluding carboxylic acids is 3. The smallest absolute Gasteiger partial charge is 0.408 e. The number of hydrogen-bond acceptors (Lipinski definition) is 9. The molecule has 2 aliphatic rings. The molecule has 1 aromatic heterocycles. The van der Waals surface area contributed by atoms with E-state index in [9.17, 15) is 14.4 Å². The van der Waals surface area contributed by atoms with Gasteiger partial charge in [0.15, 0.2) is 0 Å². The number of rotatable bonds is 12. The Morgan fingerprint density at radius 1 is 1.12 bits per heavy atom. The van der Waals surface area contributed by atoms with Crippen LogP contribution < -0.4 is 14.8 Å². The van der Waals surface area contributed by atoms with E-state index in [0.717, 1.165) is 12.8 Å². The summed E-state index contributed by atoms with van der Waals surface area (Å²) in [7, 11) is 2.85. The lowest BCUT2D eigenvalue weighted by Gasteiger charge is -2.34. The Bertz CT molecular complexity index is 1370. The van der Waals surface area contributed by atoms with Gasteiger partial charge in [-0.2, -0.15) is 0 Å². The molecule has 1 saturated carbocycles. The summed E-state index contributed by atoms with van der Waals surface area (Å²) in [5, 5.41) is 2.76. The Kier molecular flexibility index (Phi) is 9.93. The Hall–Kier alpha value is -4.15. The van der Waals surface area contributed by atoms with E-state index in [1.165, 1.54) is 12.0 Å². The van der Waals surface area contributed by atoms with E-state index in [-0.39, 0.29) is 25.0 Å². The van der Waals surface area contributed by atoms with Crippen LogP contribution in [0, 0.1) is 11.3 Å². The summed E-state index contributed by atoms with van der Waals surface area (Å²) in [4.78, 5) is 50.6. The van der Waals surface area contributed by atoms with Gasteiger partial charge in [0.05, 0.1) is 31.8 Å². The molecule has 1 aliphatic carbocycles. The van der Waals surface area contributed by atoms with E-state index in [0.29, 0.717) is 41.2 Å². The molecule has 2 fully saturated rings. The molecule has 1 unspecified atom stereocenters. The topological polar surface area (TPSA) is 129 Å². The first-order valence-electron chi connectivity index (χ1n) is 14.6. The van der Waals surface area contributed by atoms with Crippen LogP contribution in [0.3, 0.4) is 0 Å². The zero-order chi connectivity index (χ0) is 31.3. The highest BCUT2D eigenvalue weighted by atomic mass is 16.6. The fourth-order valence-electron chi connectivity index (χ4n) is 5.25. The van der Waals surface area contributed by atoms with Crippen LogP contribution in [0.1, 0.15) is 52.1 Å². The number of fused-ring (bicyclic) bond motifs is 1. The van der Waals surface area contributed by atoms with Crippen molar-refractivity contribution >= 4 is 29.0 Å². The standard InChI is InChI=1S/C32H42N4O7/c1-8-10-12-23-28(34-24-16-20(40-6)13-14-22(24)33-23)42-21-17-25(30(38)41-7)36(18-21)29(37)27(32(3,4)5)35-31(39)43-26-15-19(26)11-9-2/h8-9,13-14,16,19,21,25-27H,1-2,10-12,15,17-18H2,3-7H3,(H,35,39)/t19-,21-,25+,26-,27?/m1/s1. The van der Waals surface area contributed by atoms with Gasteiger partial charge in [-0.05, 0) is 43.2 Å². The summed E-state index contributed by atoms with van der Waals surface area (Å²) >= 11 is 0. The first-order chi connectivity index (χ1) is 20.5. The molecule has 0 radical (unpaired) electrons. The number of esters is 1. The van der Waals surface area contributed by atoms with Crippen molar-refractivity contribution in [2.24, 2.45) is 11.3 Å². The number of alkyl carbamates (subject to hydrolysis) is 1. The number of nitrogens with one attached hydrogen (secondary N) is 1. The first kappa shape index (κ1) is 31.8. The molecule has 1 aliphatic heterocycles. The summed E-state index contributed by atoms with van der Waals surface area (Å²) in [6, 6.07) is 3.55. The van der Waals surface area contributed by atoms with Gasteiger partial charge in [-0.25, -0.2) is 19.6 Å². The van der Waals surface area contributed by atoms with Gasteiger partial charge in [0.25, 0.3) is 0 Å². The summed E-state index contributed by atoms with van der Waals surface area (Å²) in [6.45, 7) is 13.2. The van der Waals surface area contributed by atoms with Crippen LogP contribution in [0.2, 0.25) is 0 Å². The molecule has 4 rings (SSSR count). The van der Waals surface area contributed by atoms with Gasteiger partial charge >= 0.3 is 12.1 Å². The molecule has 2 heterocycles. The van der Waals surface area contributed by atoms with Gasteiger partial charge in [-0.3, -0.25) is 4.79 Å². The highest BCUT2D eigenvalue weighted by Gasteiger charge is 2.47. The molecule has 0 spiro atoms. The van der Waals surface area contributed by atoms with Crippen molar-refractivity contribution in [3.05, 3.63) is 49.2 Å². The average molecular weight is 595 g/mol. The van der Waals surface area contributed by atoms with Crippen molar-refractivity contribution in [1.29, 1.82) is 0 Å². The number of methoxy groups -OCH3 is 2. The Labute approximate surface area is 252 Å². The number of ether oxygens (including phenoxy) is 4. The van der Waals surface area contributed by atoms with Crippen LogP contribution >= 0.6 is 0 Å². The SMILES string of the molecule is C=CCCc1nc2ccc(OC)cc2nc1O[C@@H]1C[C@@H](C(=O)OC)N(C(=O)C(NC(=O)O[C@@H]2C[C@H]2CC=C)C(C)(C)C)C1. The van der Waals surface area contributed by atoms with Crippen molar-refractivity contribution in [3.8, 4) is 11.6 Å². The molecule has 43 heavy (non-hydrogen) atoms. The van der Waals surface area contributed by atoms with E-state index >= 15 is 0 Å². The van der Waals surface area contributed by atoms with Crippen molar-refractivity contribution in [2.45, 2.75) is 77.2 Å². The second kappa shape index (κ2) is 13.4. The lowest BCUT2D eigenvalue weighted by Crippen LogP contribution is -2.57. The summed E-state index contributed by atoms with van der Waals surface area (Å²) < 4.78 is 22.3. The molecule has 1 saturated heterocycles. The molecule has 232 valence electrons. The average Bonchev–Trinajstić information content (AvgIpc) is 3.55. The summed E-state index contributed by atoms with van der Waals surface area (Å²) in [6.07, 6.45) is 5.08. The third-order valence-corrected chi connectivity index (χ3v) is 7.75. The molecule has 1 aromatic carbocycles. The van der Waals surface area contributed by atoms with Crippen LogP contribution in [-0.2, 0) is 25.5 Å². The number of hydrogen-bond donors (Lipinski definition) is 1. The van der Waals surface area contributed by atoms with E-state index in [4.69, 9.17) is 28.9 Å². The maximum Gasteiger partial charge on any atom is 0.408 e. The van der Waals surface area contributed by atoms with Crippen molar-refractivity contribution in [1.82, 2.24) is 20.2 Å². The third kappa shape index (κ3) is 7.63. The van der Waals surface area contributed by atoms with Gasteiger partial charge in [-0.15, -0.1) is 13.2 Å². The maximum absolute atomic E-state index is 14.0. The fourth-order valence-corrected chi connectivity index (χ4v) is 5.25. The van der Waals surface area contributed by atoms with Gasteiger partial charge in [0, 0.05) is 18.4 Å². The lowest BCUT2D eigenvalue weighted by molar-refractivity contribution is -0.152. The van der Waals surface area contributed by atoms with Crippen LogP contribution in [0.4, 0.5) is 4.79 Å². The first-order valence-corrected chi connectivity index (χ1v) is 14.6. The largest absolute Gasteiger partial charge is 0.497 e. The minimum atomic E-state index is -0.960. The predicted molar refractivity (Wildman–Crippen MR) is 161 cm³/mol. The van der Waals surface area contributed by atoms with Gasteiger partial charge in [0.1, 0.15) is 35.7 Å². The van der Waals surface area contributed by atoms with E-state index in [2.05, 4.69) is 18.5 Å². The third-order valence-electron chi connectivity index (χ3n) is 7.75. The molecular weight excluding hydrogens is 552 g/mol. The van der Waals surface area contributed by atoms with Gasteiger partial charge < -0.3 is 29.2 Å². The summed E-state index contributed by atoms with van der Waals surface area (Å²) in [5.41, 5.74) is 1.24. The Morgan fingerprint density at radius 3 is 2.53 bits per heavy atom. The number of benzene rings is 1. The number of nitrogens with zero attached hydrogens (tertiary/aromatic N) is 3. The molecule has 5 atom stereocenters. The van der Waals surface area contributed by atoms with Gasteiger partial charge in [0.2, 0.25) is 11.8 Å². The van der Waals surface area contributed by atoms with Crippen LogP contribution in [0.25, 0.3) is 11.0 Å². The number of likely N-dealkylation sites (tertiary alicyclic amines) is 1. The zero-order valence-electron chi connectivity index (χ0n) is 25.6. The Morgan fingerprint density at radius 2 is 1.88 bits per heavy atom. The van der Waals surface area contributed by atoms with Crippen molar-refractivity contribution < 1.29 is 33.3 Å². The maximum atomic E-state index is 14.0. The minimum absolute atomic E-state index is 0.0880. The minimum Gasteiger partial charge on any atom is -0.497 e. The molecule has 2 aromatic rings. The molecule has 11 heteroatoms. The lowest BCUT2D eigenvalue weighted by atomic mass is 9.85. The highest BCUT2D eigenvalue weighted by molar-refractivity contribution is 5.91. The molecule has 11 nitrogen and oxygen atoms in total. The predicted octanol–water partition coefficient (Wildman–Crippen LogP) is 4.38. The van der Waals surface area contributed by atoms with Crippen LogP contribution in [0.5, 0.6) is 11.6 Å². The zero-order valence-corrected chi connectivity index (χ0v) is 25.6. The summed E-state index contributed by atoms with van der Waals surface area (Å²) in [5.74, 6) is 0.208. The van der Waals surface area contributed by atoms with E-state index in [1.54, 1.807) is 25.3 Å². The van der Waals surface area contributed by atoms with Crippen LogP contribution in [0.15, 0.2) is 43.5 Å².